The summed E-state index contributed by atoms with van der Waals surface area (Å²) in [6.45, 7) is 10.9. The molecule has 2 rings (SSSR count). The third-order valence-electron chi connectivity index (χ3n) is 3.81. The van der Waals surface area contributed by atoms with Gasteiger partial charge >= 0.3 is 0 Å². The molecular formula is C16H28N4. The minimum absolute atomic E-state index is 0.696. The molecule has 0 atom stereocenters. The molecule has 1 aliphatic carbocycles. The molecule has 1 aromatic heterocycles. The van der Waals surface area contributed by atoms with Crippen LogP contribution in [0.15, 0.2) is 6.33 Å². The molecule has 0 radical (unpaired) electrons. The Bertz CT molecular complexity index is 426. The second-order valence-electron chi connectivity index (χ2n) is 6.20. The van der Waals surface area contributed by atoms with Crippen molar-refractivity contribution in [2.75, 3.05) is 23.3 Å². The van der Waals surface area contributed by atoms with Crippen molar-refractivity contribution in [2.45, 2.75) is 59.4 Å². The number of aromatic nitrogens is 2. The fraction of sp³-hybridized carbons (Fsp3) is 0.750. The summed E-state index contributed by atoms with van der Waals surface area (Å²) in [6.07, 6.45) is 6.64. The molecule has 0 unspecified atom stereocenters. The SMILES string of the molecule is CCCNc1ncnc(N(CCC(C)C)C2CC2)c1C. The Morgan fingerprint density at radius 3 is 2.70 bits per heavy atom. The largest absolute Gasteiger partial charge is 0.370 e. The molecule has 0 spiro atoms. The van der Waals surface area contributed by atoms with Gasteiger partial charge in [-0.05, 0) is 38.5 Å². The highest BCUT2D eigenvalue weighted by Crippen LogP contribution is 2.34. The normalized spacial score (nSPS) is 14.7. The first-order valence-electron chi connectivity index (χ1n) is 7.95. The highest BCUT2D eigenvalue weighted by molar-refractivity contribution is 5.58. The second-order valence-corrected chi connectivity index (χ2v) is 6.20. The van der Waals surface area contributed by atoms with Crippen LogP contribution in [0, 0.1) is 12.8 Å². The van der Waals surface area contributed by atoms with Crippen LogP contribution in [0.5, 0.6) is 0 Å². The summed E-state index contributed by atoms with van der Waals surface area (Å²) in [5.41, 5.74) is 1.19. The lowest BCUT2D eigenvalue weighted by Crippen LogP contribution is -2.29. The fourth-order valence-corrected chi connectivity index (χ4v) is 2.40. The van der Waals surface area contributed by atoms with Crippen molar-refractivity contribution in [1.82, 2.24) is 9.97 Å². The summed E-state index contributed by atoms with van der Waals surface area (Å²) in [4.78, 5) is 11.4. The number of hydrogen-bond donors (Lipinski definition) is 1. The first-order valence-corrected chi connectivity index (χ1v) is 7.95. The summed E-state index contributed by atoms with van der Waals surface area (Å²) in [7, 11) is 0. The number of anilines is 2. The molecule has 112 valence electrons. The van der Waals surface area contributed by atoms with Crippen LogP contribution in [0.2, 0.25) is 0 Å². The molecule has 0 aliphatic heterocycles. The molecule has 4 heteroatoms. The van der Waals surface area contributed by atoms with Crippen LogP contribution in [0.4, 0.5) is 11.6 Å². The predicted octanol–water partition coefficient (Wildman–Crippen LogP) is 3.62. The molecule has 20 heavy (non-hydrogen) atoms. The monoisotopic (exact) mass is 276 g/mol. The minimum Gasteiger partial charge on any atom is -0.370 e. The maximum absolute atomic E-state index is 4.56. The van der Waals surface area contributed by atoms with E-state index < -0.39 is 0 Å². The zero-order valence-electron chi connectivity index (χ0n) is 13.3. The molecule has 1 heterocycles. The van der Waals surface area contributed by atoms with E-state index >= 15 is 0 Å². The van der Waals surface area contributed by atoms with Gasteiger partial charge in [0.05, 0.1) is 0 Å². The van der Waals surface area contributed by atoms with Crippen LogP contribution in [0.25, 0.3) is 0 Å². The number of hydrogen-bond acceptors (Lipinski definition) is 4. The van der Waals surface area contributed by atoms with E-state index in [0.29, 0.717) is 6.04 Å². The van der Waals surface area contributed by atoms with Crippen molar-refractivity contribution < 1.29 is 0 Å². The molecule has 1 aromatic rings. The molecule has 1 aliphatic rings. The Hall–Kier alpha value is -1.32. The van der Waals surface area contributed by atoms with E-state index in [1.54, 1.807) is 6.33 Å². The van der Waals surface area contributed by atoms with Crippen LogP contribution >= 0.6 is 0 Å². The summed E-state index contributed by atoms with van der Waals surface area (Å²) in [5.74, 6) is 2.85. The highest BCUT2D eigenvalue weighted by atomic mass is 15.2. The zero-order chi connectivity index (χ0) is 14.5. The summed E-state index contributed by atoms with van der Waals surface area (Å²) in [6, 6.07) is 0.696. The maximum Gasteiger partial charge on any atom is 0.137 e. The molecule has 1 saturated carbocycles. The van der Waals surface area contributed by atoms with Crippen LogP contribution < -0.4 is 10.2 Å². The van der Waals surface area contributed by atoms with E-state index in [1.807, 2.05) is 0 Å². The minimum atomic E-state index is 0.696. The van der Waals surface area contributed by atoms with Gasteiger partial charge in [-0.15, -0.1) is 0 Å². The zero-order valence-corrected chi connectivity index (χ0v) is 13.3. The Kier molecular flexibility index (Phi) is 5.21. The van der Waals surface area contributed by atoms with Gasteiger partial charge in [0.2, 0.25) is 0 Å². The molecule has 0 aromatic carbocycles. The smallest absolute Gasteiger partial charge is 0.137 e. The molecule has 0 bridgehead atoms. The Morgan fingerprint density at radius 2 is 2.10 bits per heavy atom. The van der Waals surface area contributed by atoms with Crippen molar-refractivity contribution in [3.8, 4) is 0 Å². The van der Waals surface area contributed by atoms with Gasteiger partial charge in [0.15, 0.2) is 0 Å². The Balaban J connectivity index is 2.15. The molecule has 4 nitrogen and oxygen atoms in total. The Labute approximate surface area is 123 Å². The molecule has 0 saturated heterocycles. The standard InChI is InChI=1S/C16H28N4/c1-5-9-17-15-13(4)16(19-11-18-15)20(14-6-7-14)10-8-12(2)3/h11-12,14H,5-10H2,1-4H3,(H,17,18,19). The molecular weight excluding hydrogens is 248 g/mol. The summed E-state index contributed by atoms with van der Waals surface area (Å²) >= 11 is 0. The van der Waals surface area contributed by atoms with E-state index in [0.717, 1.165) is 37.1 Å². The van der Waals surface area contributed by atoms with E-state index in [4.69, 9.17) is 0 Å². The number of rotatable bonds is 8. The van der Waals surface area contributed by atoms with Gasteiger partial charge in [0.25, 0.3) is 0 Å². The molecule has 0 amide bonds. The fourth-order valence-electron chi connectivity index (χ4n) is 2.40. The number of nitrogens with one attached hydrogen (secondary N) is 1. The molecule has 1 N–H and O–H groups in total. The van der Waals surface area contributed by atoms with Gasteiger partial charge in [-0.3, -0.25) is 0 Å². The summed E-state index contributed by atoms with van der Waals surface area (Å²) in [5, 5.41) is 3.40. The van der Waals surface area contributed by atoms with Gasteiger partial charge in [0, 0.05) is 24.7 Å². The topological polar surface area (TPSA) is 41.1 Å². The average Bonchev–Trinajstić information content (AvgIpc) is 3.23. The van der Waals surface area contributed by atoms with E-state index in [1.165, 1.54) is 24.8 Å². The van der Waals surface area contributed by atoms with Gasteiger partial charge in [-0.2, -0.15) is 0 Å². The van der Waals surface area contributed by atoms with Crippen LogP contribution in [0.3, 0.4) is 0 Å². The summed E-state index contributed by atoms with van der Waals surface area (Å²) < 4.78 is 0. The van der Waals surface area contributed by atoms with Gasteiger partial charge < -0.3 is 10.2 Å². The third-order valence-corrected chi connectivity index (χ3v) is 3.81. The quantitative estimate of drug-likeness (QED) is 0.787. The first-order chi connectivity index (χ1) is 9.63. The van der Waals surface area contributed by atoms with Crippen LogP contribution in [0.1, 0.15) is 52.0 Å². The molecule has 1 fully saturated rings. The Morgan fingerprint density at radius 1 is 1.35 bits per heavy atom. The van der Waals surface area contributed by atoms with Crippen LogP contribution in [-0.2, 0) is 0 Å². The van der Waals surface area contributed by atoms with E-state index in [2.05, 4.69) is 47.9 Å². The lowest BCUT2D eigenvalue weighted by atomic mass is 10.1. The van der Waals surface area contributed by atoms with Gasteiger partial charge in [-0.1, -0.05) is 20.8 Å². The van der Waals surface area contributed by atoms with Gasteiger partial charge in [0.1, 0.15) is 18.0 Å². The van der Waals surface area contributed by atoms with Crippen LogP contribution in [-0.4, -0.2) is 29.1 Å². The van der Waals surface area contributed by atoms with E-state index in [-0.39, 0.29) is 0 Å². The third kappa shape index (κ3) is 3.84. The van der Waals surface area contributed by atoms with Crippen molar-refractivity contribution in [3.63, 3.8) is 0 Å². The average molecular weight is 276 g/mol. The van der Waals surface area contributed by atoms with Gasteiger partial charge in [-0.25, -0.2) is 9.97 Å². The highest BCUT2D eigenvalue weighted by Gasteiger charge is 2.31. The predicted molar refractivity (Wildman–Crippen MR) is 85.4 cm³/mol. The van der Waals surface area contributed by atoms with E-state index in [9.17, 15) is 0 Å². The number of nitrogens with zero attached hydrogens (tertiary/aromatic N) is 3. The first kappa shape index (κ1) is 15.1. The van der Waals surface area contributed by atoms with Crippen molar-refractivity contribution in [3.05, 3.63) is 11.9 Å². The lowest BCUT2D eigenvalue weighted by Gasteiger charge is -2.26. The van der Waals surface area contributed by atoms with Crippen molar-refractivity contribution >= 4 is 11.6 Å². The maximum atomic E-state index is 4.56. The lowest BCUT2D eigenvalue weighted by molar-refractivity contribution is 0.568. The van der Waals surface area contributed by atoms with Crippen molar-refractivity contribution in [1.29, 1.82) is 0 Å². The van der Waals surface area contributed by atoms with Crippen molar-refractivity contribution in [2.24, 2.45) is 5.92 Å². The second kappa shape index (κ2) is 6.91.